The molecule has 1 aliphatic rings. The predicted octanol–water partition coefficient (Wildman–Crippen LogP) is 1.80. The Labute approximate surface area is 93.0 Å². The third kappa shape index (κ3) is 1.95. The number of hydrogen-bond acceptors (Lipinski definition) is 3. The Kier molecular flexibility index (Phi) is 2.86. The van der Waals surface area contributed by atoms with Gasteiger partial charge in [0, 0.05) is 11.1 Å². The molecular weight excluding hydrogens is 210 g/mol. The van der Waals surface area contributed by atoms with E-state index in [-0.39, 0.29) is 11.3 Å². The third-order valence-electron chi connectivity index (χ3n) is 2.55. The van der Waals surface area contributed by atoms with Gasteiger partial charge in [-0.2, -0.15) is 0 Å². The molecule has 0 radical (unpaired) electrons. The van der Waals surface area contributed by atoms with Crippen molar-refractivity contribution in [1.82, 2.24) is 0 Å². The predicted molar refractivity (Wildman–Crippen MR) is 61.2 cm³/mol. The van der Waals surface area contributed by atoms with Crippen molar-refractivity contribution in [2.75, 3.05) is 6.26 Å². The maximum Gasteiger partial charge on any atom is 0.249 e. The molecule has 4 heteroatoms. The zero-order valence-electron chi connectivity index (χ0n) is 8.53. The lowest BCUT2D eigenvalue weighted by Gasteiger charge is -2.25. The lowest BCUT2D eigenvalue weighted by molar-refractivity contribution is 0.0998. The van der Waals surface area contributed by atoms with E-state index in [2.05, 4.69) is 0 Å². The molecule has 1 aromatic rings. The van der Waals surface area contributed by atoms with Gasteiger partial charge in [-0.25, -0.2) is 0 Å². The van der Waals surface area contributed by atoms with E-state index in [1.807, 2.05) is 18.4 Å². The van der Waals surface area contributed by atoms with Gasteiger partial charge >= 0.3 is 0 Å². The summed E-state index contributed by atoms with van der Waals surface area (Å²) in [7, 11) is 0. The highest BCUT2D eigenvalue weighted by atomic mass is 32.2. The van der Waals surface area contributed by atoms with Crippen LogP contribution in [0, 0.1) is 0 Å². The maximum absolute atomic E-state index is 11.2. The van der Waals surface area contributed by atoms with Crippen molar-refractivity contribution in [3.8, 4) is 5.75 Å². The Bertz CT molecular complexity index is 392. The van der Waals surface area contributed by atoms with Crippen molar-refractivity contribution in [1.29, 1.82) is 0 Å². The Balaban J connectivity index is 2.37. The standard InChI is InChI=1S/C11H13NO2S/c1-15-10-6-5-7-8(11(12)13)3-2-4-9(7)14-10/h2-4,10H,5-6H2,1H3,(H2,12,13). The van der Waals surface area contributed by atoms with Crippen LogP contribution in [0.4, 0.5) is 0 Å². The molecule has 1 aromatic carbocycles. The van der Waals surface area contributed by atoms with Gasteiger partial charge in [-0.3, -0.25) is 4.79 Å². The summed E-state index contributed by atoms with van der Waals surface area (Å²) in [5.74, 6) is 0.426. The second-order valence-electron chi connectivity index (χ2n) is 3.47. The molecule has 0 spiro atoms. The lowest BCUT2D eigenvalue weighted by atomic mass is 9.99. The highest BCUT2D eigenvalue weighted by molar-refractivity contribution is 7.99. The molecular formula is C11H13NO2S. The first kappa shape index (κ1) is 10.4. The summed E-state index contributed by atoms with van der Waals surface area (Å²) in [6.45, 7) is 0. The largest absolute Gasteiger partial charge is 0.480 e. The summed E-state index contributed by atoms with van der Waals surface area (Å²) in [6, 6.07) is 5.45. The third-order valence-corrected chi connectivity index (χ3v) is 3.41. The fraction of sp³-hybridized carbons (Fsp3) is 0.364. The molecule has 0 bridgehead atoms. The number of rotatable bonds is 2. The molecule has 0 saturated heterocycles. The van der Waals surface area contributed by atoms with Gasteiger partial charge < -0.3 is 10.5 Å². The van der Waals surface area contributed by atoms with Gasteiger partial charge in [-0.05, 0) is 31.2 Å². The number of thioether (sulfide) groups is 1. The number of amides is 1. The molecule has 3 nitrogen and oxygen atoms in total. The molecule has 1 atom stereocenters. The highest BCUT2D eigenvalue weighted by Crippen LogP contribution is 2.32. The number of primary amides is 1. The Morgan fingerprint density at radius 2 is 2.40 bits per heavy atom. The molecule has 80 valence electrons. The van der Waals surface area contributed by atoms with Crippen LogP contribution in [0.3, 0.4) is 0 Å². The van der Waals surface area contributed by atoms with E-state index in [9.17, 15) is 4.79 Å². The van der Waals surface area contributed by atoms with E-state index in [1.165, 1.54) is 0 Å². The van der Waals surface area contributed by atoms with Crippen molar-refractivity contribution in [2.45, 2.75) is 18.3 Å². The van der Waals surface area contributed by atoms with Crippen LogP contribution < -0.4 is 10.5 Å². The Hall–Kier alpha value is -1.16. The van der Waals surface area contributed by atoms with Gasteiger partial charge in [0.2, 0.25) is 5.91 Å². The molecule has 0 aromatic heterocycles. The molecule has 0 aliphatic carbocycles. The van der Waals surface area contributed by atoms with Gasteiger partial charge in [-0.15, -0.1) is 11.8 Å². The van der Waals surface area contributed by atoms with E-state index in [1.54, 1.807) is 17.8 Å². The van der Waals surface area contributed by atoms with Gasteiger partial charge in [0.15, 0.2) is 0 Å². The first-order valence-electron chi connectivity index (χ1n) is 4.83. The summed E-state index contributed by atoms with van der Waals surface area (Å²) >= 11 is 1.69. The van der Waals surface area contributed by atoms with Crippen LogP contribution in [0.1, 0.15) is 22.3 Å². The van der Waals surface area contributed by atoms with Gasteiger partial charge in [0.05, 0.1) is 0 Å². The van der Waals surface area contributed by atoms with Crippen LogP contribution in [0.25, 0.3) is 0 Å². The summed E-state index contributed by atoms with van der Waals surface area (Å²) in [5.41, 5.74) is 7.04. The van der Waals surface area contributed by atoms with Crippen molar-refractivity contribution in [3.63, 3.8) is 0 Å². The molecule has 1 amide bonds. The molecule has 2 rings (SSSR count). The zero-order chi connectivity index (χ0) is 10.8. The monoisotopic (exact) mass is 223 g/mol. The summed E-state index contributed by atoms with van der Waals surface area (Å²) in [4.78, 5) is 11.2. The minimum atomic E-state index is -0.377. The van der Waals surface area contributed by atoms with Crippen LogP contribution in [-0.4, -0.2) is 17.6 Å². The number of nitrogens with two attached hydrogens (primary N) is 1. The second kappa shape index (κ2) is 4.14. The van der Waals surface area contributed by atoms with E-state index in [4.69, 9.17) is 10.5 Å². The van der Waals surface area contributed by atoms with Gasteiger partial charge in [0.25, 0.3) is 0 Å². The van der Waals surface area contributed by atoms with E-state index < -0.39 is 0 Å². The van der Waals surface area contributed by atoms with Crippen LogP contribution in [-0.2, 0) is 6.42 Å². The van der Waals surface area contributed by atoms with Crippen LogP contribution in [0.2, 0.25) is 0 Å². The smallest absolute Gasteiger partial charge is 0.249 e. The Morgan fingerprint density at radius 1 is 1.60 bits per heavy atom. The fourth-order valence-corrected chi connectivity index (χ4v) is 2.35. The van der Waals surface area contributed by atoms with Gasteiger partial charge in [0.1, 0.15) is 11.2 Å². The maximum atomic E-state index is 11.2. The first-order valence-corrected chi connectivity index (χ1v) is 6.12. The number of fused-ring (bicyclic) bond motifs is 1. The van der Waals surface area contributed by atoms with Crippen molar-refractivity contribution >= 4 is 17.7 Å². The molecule has 1 heterocycles. The number of carbonyl (C=O) groups is 1. The number of benzene rings is 1. The lowest BCUT2D eigenvalue weighted by Crippen LogP contribution is -2.22. The first-order chi connectivity index (χ1) is 7.22. The minimum absolute atomic E-state index is 0.195. The van der Waals surface area contributed by atoms with Crippen LogP contribution in [0.15, 0.2) is 18.2 Å². The molecule has 1 aliphatic heterocycles. The quantitative estimate of drug-likeness (QED) is 0.831. The normalized spacial score (nSPS) is 19.1. The van der Waals surface area contributed by atoms with Crippen molar-refractivity contribution in [3.05, 3.63) is 29.3 Å². The summed E-state index contributed by atoms with van der Waals surface area (Å²) < 4.78 is 5.73. The van der Waals surface area contributed by atoms with Crippen LogP contribution in [0.5, 0.6) is 5.75 Å². The summed E-state index contributed by atoms with van der Waals surface area (Å²) in [6.07, 6.45) is 3.81. The number of hydrogen-bond donors (Lipinski definition) is 1. The molecule has 0 fully saturated rings. The van der Waals surface area contributed by atoms with Crippen molar-refractivity contribution < 1.29 is 9.53 Å². The Morgan fingerprint density at radius 3 is 3.07 bits per heavy atom. The highest BCUT2D eigenvalue weighted by Gasteiger charge is 2.22. The average molecular weight is 223 g/mol. The van der Waals surface area contributed by atoms with E-state index in [0.29, 0.717) is 5.56 Å². The van der Waals surface area contributed by atoms with E-state index in [0.717, 1.165) is 24.2 Å². The molecule has 15 heavy (non-hydrogen) atoms. The molecule has 0 saturated carbocycles. The molecule has 1 unspecified atom stereocenters. The van der Waals surface area contributed by atoms with Crippen molar-refractivity contribution in [2.24, 2.45) is 5.73 Å². The average Bonchev–Trinajstić information content (AvgIpc) is 2.27. The minimum Gasteiger partial charge on any atom is -0.480 e. The SMILES string of the molecule is CSC1CCc2c(cccc2C(N)=O)O1. The molecule has 2 N–H and O–H groups in total. The summed E-state index contributed by atoms with van der Waals surface area (Å²) in [5, 5.41) is 0. The topological polar surface area (TPSA) is 52.3 Å². The zero-order valence-corrected chi connectivity index (χ0v) is 9.34. The number of carbonyl (C=O) groups excluding carboxylic acids is 1. The van der Waals surface area contributed by atoms with Crippen LogP contribution >= 0.6 is 11.8 Å². The van der Waals surface area contributed by atoms with E-state index >= 15 is 0 Å². The number of ether oxygens (including phenoxy) is 1. The fourth-order valence-electron chi connectivity index (χ4n) is 1.79. The second-order valence-corrected chi connectivity index (χ2v) is 4.47. The van der Waals surface area contributed by atoms with Gasteiger partial charge in [-0.1, -0.05) is 6.07 Å².